The Labute approximate surface area is 115 Å². The molecule has 4 nitrogen and oxygen atoms in total. The zero-order valence-electron chi connectivity index (χ0n) is 10.7. The highest BCUT2D eigenvalue weighted by molar-refractivity contribution is 7.07. The minimum absolute atomic E-state index is 0.197. The van der Waals surface area contributed by atoms with Crippen LogP contribution in [-0.2, 0) is 6.54 Å². The molecular weight excluding hydrogens is 258 g/mol. The molecule has 98 valence electrons. The summed E-state index contributed by atoms with van der Waals surface area (Å²) >= 11 is 1.53. The molecule has 0 unspecified atom stereocenters. The topological polar surface area (TPSA) is 49.9 Å². The molecule has 0 aliphatic rings. The van der Waals surface area contributed by atoms with Crippen LogP contribution in [0.25, 0.3) is 0 Å². The summed E-state index contributed by atoms with van der Waals surface area (Å²) in [5, 5.41) is 19.8. The van der Waals surface area contributed by atoms with Crippen molar-refractivity contribution in [3.8, 4) is 5.75 Å². The molecule has 1 aromatic heterocycles. The fourth-order valence-corrected chi connectivity index (χ4v) is 2.43. The van der Waals surface area contributed by atoms with E-state index in [1.807, 2.05) is 29.0 Å². The lowest BCUT2D eigenvalue weighted by molar-refractivity contribution is 0.474. The van der Waals surface area contributed by atoms with Crippen molar-refractivity contribution in [1.29, 1.82) is 0 Å². The van der Waals surface area contributed by atoms with Crippen molar-refractivity contribution >= 4 is 17.6 Å². The molecule has 2 aromatic rings. The number of thiazole rings is 1. The van der Waals surface area contributed by atoms with Crippen LogP contribution in [0.3, 0.4) is 0 Å². The van der Waals surface area contributed by atoms with E-state index in [2.05, 4.69) is 16.8 Å². The minimum atomic E-state index is 0.197. The molecular formula is C14H15N3OS. The first-order valence-electron chi connectivity index (χ1n) is 5.83. The minimum Gasteiger partial charge on any atom is -0.507 e. The van der Waals surface area contributed by atoms with Gasteiger partial charge in [0.2, 0.25) is 4.80 Å². The molecule has 0 aliphatic carbocycles. The van der Waals surface area contributed by atoms with Gasteiger partial charge in [-0.1, -0.05) is 18.2 Å². The molecule has 19 heavy (non-hydrogen) atoms. The Bertz CT molecular complexity index is 667. The fourth-order valence-electron chi connectivity index (χ4n) is 1.58. The van der Waals surface area contributed by atoms with E-state index in [0.717, 1.165) is 10.5 Å². The van der Waals surface area contributed by atoms with Gasteiger partial charge in [-0.05, 0) is 19.1 Å². The summed E-state index contributed by atoms with van der Waals surface area (Å²) in [7, 11) is 0. The van der Waals surface area contributed by atoms with Crippen molar-refractivity contribution in [2.75, 3.05) is 0 Å². The molecule has 0 atom stereocenters. The lowest BCUT2D eigenvalue weighted by Gasteiger charge is -1.99. The Morgan fingerprint density at radius 1 is 1.42 bits per heavy atom. The number of aryl methyl sites for hydroxylation is 1. The number of aromatic hydroxyl groups is 1. The van der Waals surface area contributed by atoms with Crippen molar-refractivity contribution in [2.45, 2.75) is 13.5 Å². The summed E-state index contributed by atoms with van der Waals surface area (Å²) < 4.78 is 2.03. The molecule has 0 fully saturated rings. The van der Waals surface area contributed by atoms with Crippen LogP contribution in [0.2, 0.25) is 0 Å². The second kappa shape index (κ2) is 6.15. The molecule has 2 rings (SSSR count). The van der Waals surface area contributed by atoms with Crippen molar-refractivity contribution in [1.82, 2.24) is 4.57 Å². The summed E-state index contributed by atoms with van der Waals surface area (Å²) in [6, 6.07) is 7.01. The number of rotatable bonds is 4. The van der Waals surface area contributed by atoms with Gasteiger partial charge in [-0.15, -0.1) is 23.0 Å². The van der Waals surface area contributed by atoms with Gasteiger partial charge in [0.05, 0.1) is 6.21 Å². The summed E-state index contributed by atoms with van der Waals surface area (Å²) in [5.41, 5.74) is 1.77. The van der Waals surface area contributed by atoms with Crippen LogP contribution in [0, 0.1) is 6.92 Å². The fraction of sp³-hybridized carbons (Fsp3) is 0.143. The third-order valence-corrected chi connectivity index (χ3v) is 3.55. The van der Waals surface area contributed by atoms with Gasteiger partial charge in [0.15, 0.2) is 0 Å². The van der Waals surface area contributed by atoms with Gasteiger partial charge in [-0.3, -0.25) is 0 Å². The van der Waals surface area contributed by atoms with Crippen molar-refractivity contribution in [3.05, 3.63) is 58.4 Å². The first kappa shape index (κ1) is 13.3. The summed E-state index contributed by atoms with van der Waals surface area (Å²) in [4.78, 5) is 0.809. The number of nitrogens with zero attached hydrogens (tertiary/aromatic N) is 3. The maximum absolute atomic E-state index is 9.60. The molecule has 0 radical (unpaired) electrons. The van der Waals surface area contributed by atoms with E-state index in [9.17, 15) is 5.11 Å². The van der Waals surface area contributed by atoms with Gasteiger partial charge in [-0.2, -0.15) is 5.10 Å². The number of aromatic nitrogens is 1. The number of hydrogen-bond acceptors (Lipinski definition) is 4. The second-order valence-electron chi connectivity index (χ2n) is 3.96. The molecule has 0 aliphatic heterocycles. The Morgan fingerprint density at radius 2 is 2.21 bits per heavy atom. The van der Waals surface area contributed by atoms with Gasteiger partial charge in [-0.25, -0.2) is 0 Å². The van der Waals surface area contributed by atoms with E-state index in [0.29, 0.717) is 12.1 Å². The van der Waals surface area contributed by atoms with Crippen LogP contribution >= 0.6 is 11.3 Å². The third-order valence-electron chi connectivity index (χ3n) is 2.58. The molecule has 1 heterocycles. The summed E-state index contributed by atoms with van der Waals surface area (Å²) in [6.45, 7) is 6.46. The van der Waals surface area contributed by atoms with E-state index < -0.39 is 0 Å². The maximum Gasteiger partial charge on any atom is 0.211 e. The summed E-state index contributed by atoms with van der Waals surface area (Å²) in [6.07, 6.45) is 3.37. The third kappa shape index (κ3) is 3.20. The van der Waals surface area contributed by atoms with E-state index in [1.165, 1.54) is 11.3 Å². The van der Waals surface area contributed by atoms with Crippen molar-refractivity contribution in [2.24, 2.45) is 10.2 Å². The highest BCUT2D eigenvalue weighted by atomic mass is 32.1. The van der Waals surface area contributed by atoms with Crippen LogP contribution in [0.15, 0.2) is 52.5 Å². The SMILES string of the molecule is C=CCn1c(C)cs/c1=N\N=C/c1ccccc1O. The molecule has 0 spiro atoms. The number of para-hydroxylation sites is 1. The van der Waals surface area contributed by atoms with E-state index in [1.54, 1.807) is 24.4 Å². The number of phenolic OH excluding ortho intramolecular Hbond substituents is 1. The first-order chi connectivity index (χ1) is 9.22. The Balaban J connectivity index is 2.28. The van der Waals surface area contributed by atoms with Crippen LogP contribution in [0.4, 0.5) is 0 Å². The van der Waals surface area contributed by atoms with E-state index >= 15 is 0 Å². The van der Waals surface area contributed by atoms with Crippen LogP contribution in [0.1, 0.15) is 11.3 Å². The largest absolute Gasteiger partial charge is 0.507 e. The average Bonchev–Trinajstić information content (AvgIpc) is 2.74. The van der Waals surface area contributed by atoms with Gasteiger partial charge in [0, 0.05) is 23.2 Å². The second-order valence-corrected chi connectivity index (χ2v) is 4.80. The van der Waals surface area contributed by atoms with E-state index in [4.69, 9.17) is 0 Å². The van der Waals surface area contributed by atoms with E-state index in [-0.39, 0.29) is 5.75 Å². The Morgan fingerprint density at radius 3 is 2.95 bits per heavy atom. The molecule has 1 aromatic carbocycles. The lowest BCUT2D eigenvalue weighted by Crippen LogP contribution is -2.14. The van der Waals surface area contributed by atoms with Crippen molar-refractivity contribution < 1.29 is 5.11 Å². The molecule has 0 saturated heterocycles. The highest BCUT2D eigenvalue weighted by Gasteiger charge is 1.98. The first-order valence-corrected chi connectivity index (χ1v) is 6.71. The Kier molecular flexibility index (Phi) is 4.30. The van der Waals surface area contributed by atoms with Crippen LogP contribution in [-0.4, -0.2) is 15.9 Å². The number of phenols is 1. The maximum atomic E-state index is 9.60. The lowest BCUT2D eigenvalue weighted by atomic mass is 10.2. The zero-order valence-corrected chi connectivity index (χ0v) is 11.5. The molecule has 0 amide bonds. The summed E-state index contributed by atoms with van der Waals surface area (Å²) in [5.74, 6) is 0.197. The number of hydrogen-bond donors (Lipinski definition) is 1. The zero-order chi connectivity index (χ0) is 13.7. The smallest absolute Gasteiger partial charge is 0.211 e. The van der Waals surface area contributed by atoms with Gasteiger partial charge >= 0.3 is 0 Å². The van der Waals surface area contributed by atoms with Gasteiger partial charge in [0.1, 0.15) is 5.75 Å². The standard InChI is InChI=1S/C14H15N3OS/c1-3-8-17-11(2)10-19-14(17)16-15-9-12-6-4-5-7-13(12)18/h3-7,9-10,18H,1,8H2,2H3/b15-9-,16-14-. The molecule has 1 N–H and O–H groups in total. The van der Waals surface area contributed by atoms with Crippen molar-refractivity contribution in [3.63, 3.8) is 0 Å². The molecule has 0 bridgehead atoms. The van der Waals surface area contributed by atoms with Crippen LogP contribution < -0.4 is 4.80 Å². The average molecular weight is 273 g/mol. The predicted octanol–water partition coefficient (Wildman–Crippen LogP) is 2.68. The number of allylic oxidation sites excluding steroid dienone is 1. The van der Waals surface area contributed by atoms with Gasteiger partial charge in [0.25, 0.3) is 0 Å². The van der Waals surface area contributed by atoms with Gasteiger partial charge < -0.3 is 9.67 Å². The molecule has 0 saturated carbocycles. The van der Waals surface area contributed by atoms with Crippen LogP contribution in [0.5, 0.6) is 5.75 Å². The quantitative estimate of drug-likeness (QED) is 0.520. The Hall–Kier alpha value is -2.14. The highest BCUT2D eigenvalue weighted by Crippen LogP contribution is 2.12. The monoisotopic (exact) mass is 273 g/mol. The normalized spacial score (nSPS) is 12.2. The molecule has 5 heteroatoms. The number of benzene rings is 1. The predicted molar refractivity (Wildman–Crippen MR) is 78.5 cm³/mol.